The van der Waals surface area contributed by atoms with Crippen molar-refractivity contribution >= 4 is 0 Å². The zero-order chi connectivity index (χ0) is 12.1. The number of hydrogen-bond acceptors (Lipinski definition) is 3. The summed E-state index contributed by atoms with van der Waals surface area (Å²) in [6.07, 6.45) is 1.95. The van der Waals surface area contributed by atoms with E-state index >= 15 is 0 Å². The number of aliphatic hydroxyl groups excluding tert-OH is 1. The Balaban J connectivity index is 2.17. The molecular weight excluding hydrogens is 200 g/mol. The van der Waals surface area contributed by atoms with Gasteiger partial charge in [0.2, 0.25) is 0 Å². The molecule has 1 fully saturated rings. The molecular formula is C13H28N2O. The van der Waals surface area contributed by atoms with Gasteiger partial charge in [0.15, 0.2) is 0 Å². The molecule has 0 spiro atoms. The summed E-state index contributed by atoms with van der Waals surface area (Å²) in [5, 5.41) is 13.3. The van der Waals surface area contributed by atoms with Gasteiger partial charge in [0.05, 0.1) is 6.10 Å². The molecule has 0 saturated carbocycles. The van der Waals surface area contributed by atoms with Crippen LogP contribution in [0.3, 0.4) is 0 Å². The lowest BCUT2D eigenvalue weighted by atomic mass is 9.94. The molecule has 3 atom stereocenters. The number of rotatable bonds is 5. The van der Waals surface area contributed by atoms with Crippen LogP contribution in [0.15, 0.2) is 0 Å². The summed E-state index contributed by atoms with van der Waals surface area (Å²) >= 11 is 0. The zero-order valence-electron chi connectivity index (χ0n) is 11.2. The van der Waals surface area contributed by atoms with Gasteiger partial charge in [-0.1, -0.05) is 20.8 Å². The van der Waals surface area contributed by atoms with E-state index in [0.717, 1.165) is 18.9 Å². The molecule has 96 valence electrons. The maximum atomic E-state index is 9.72. The first-order valence-corrected chi connectivity index (χ1v) is 6.60. The van der Waals surface area contributed by atoms with Crippen molar-refractivity contribution < 1.29 is 5.11 Å². The fourth-order valence-electron chi connectivity index (χ4n) is 2.41. The molecule has 1 heterocycles. The molecule has 3 unspecified atom stereocenters. The lowest BCUT2D eigenvalue weighted by molar-refractivity contribution is 0.110. The van der Waals surface area contributed by atoms with Gasteiger partial charge in [-0.3, -0.25) is 0 Å². The van der Waals surface area contributed by atoms with Crippen LogP contribution in [0.1, 0.15) is 33.6 Å². The molecule has 16 heavy (non-hydrogen) atoms. The summed E-state index contributed by atoms with van der Waals surface area (Å²) in [6, 6.07) is 0.635. The van der Waals surface area contributed by atoms with Gasteiger partial charge in [-0.15, -0.1) is 0 Å². The highest BCUT2D eigenvalue weighted by Gasteiger charge is 2.23. The van der Waals surface area contributed by atoms with E-state index in [-0.39, 0.29) is 6.10 Å². The van der Waals surface area contributed by atoms with E-state index < -0.39 is 0 Å². The summed E-state index contributed by atoms with van der Waals surface area (Å²) in [6.45, 7) is 9.77. The van der Waals surface area contributed by atoms with Crippen LogP contribution in [0.5, 0.6) is 0 Å². The monoisotopic (exact) mass is 228 g/mol. The van der Waals surface area contributed by atoms with Crippen LogP contribution in [0.25, 0.3) is 0 Å². The van der Waals surface area contributed by atoms with Crippen molar-refractivity contribution in [2.24, 2.45) is 11.8 Å². The average Bonchev–Trinajstić information content (AvgIpc) is 2.20. The van der Waals surface area contributed by atoms with Gasteiger partial charge in [0.25, 0.3) is 0 Å². The molecule has 0 bridgehead atoms. The third-order valence-corrected chi connectivity index (χ3v) is 3.72. The number of piperidine rings is 1. The van der Waals surface area contributed by atoms with Crippen LogP contribution in [0.4, 0.5) is 0 Å². The molecule has 3 nitrogen and oxygen atoms in total. The highest BCUT2D eigenvalue weighted by Crippen LogP contribution is 2.15. The highest BCUT2D eigenvalue weighted by molar-refractivity contribution is 4.81. The standard InChI is InChI=1S/C13H28N2O/c1-10(2)13(16)5-7-14-12-6-8-15(4)9-11(12)3/h10-14,16H,5-9H2,1-4H3. The van der Waals surface area contributed by atoms with Crippen molar-refractivity contribution in [3.05, 3.63) is 0 Å². The van der Waals surface area contributed by atoms with E-state index in [1.807, 2.05) is 0 Å². The third kappa shape index (κ3) is 4.40. The summed E-state index contributed by atoms with van der Waals surface area (Å²) < 4.78 is 0. The first kappa shape index (κ1) is 13.9. The Morgan fingerprint density at radius 2 is 2.12 bits per heavy atom. The molecule has 3 heteroatoms. The molecule has 0 aliphatic carbocycles. The zero-order valence-corrected chi connectivity index (χ0v) is 11.2. The van der Waals surface area contributed by atoms with Crippen LogP contribution >= 0.6 is 0 Å². The largest absolute Gasteiger partial charge is 0.393 e. The molecule has 0 amide bonds. The predicted molar refractivity (Wildman–Crippen MR) is 68.5 cm³/mol. The van der Waals surface area contributed by atoms with E-state index in [2.05, 4.69) is 38.0 Å². The minimum atomic E-state index is -0.158. The molecule has 0 aromatic carbocycles. The van der Waals surface area contributed by atoms with Crippen LogP contribution in [0.2, 0.25) is 0 Å². The number of aliphatic hydroxyl groups is 1. The molecule has 0 aromatic rings. The van der Waals surface area contributed by atoms with Gasteiger partial charge >= 0.3 is 0 Å². The fraction of sp³-hybridized carbons (Fsp3) is 1.00. The fourth-order valence-corrected chi connectivity index (χ4v) is 2.41. The first-order valence-electron chi connectivity index (χ1n) is 6.60. The van der Waals surface area contributed by atoms with Gasteiger partial charge in [-0.25, -0.2) is 0 Å². The maximum Gasteiger partial charge on any atom is 0.0575 e. The molecule has 1 aliphatic rings. The molecule has 1 aliphatic heterocycles. The summed E-state index contributed by atoms with van der Waals surface area (Å²) in [5.74, 6) is 1.09. The van der Waals surface area contributed by atoms with Crippen molar-refractivity contribution in [3.8, 4) is 0 Å². The molecule has 1 saturated heterocycles. The second-order valence-corrected chi connectivity index (χ2v) is 5.69. The number of likely N-dealkylation sites (tertiary alicyclic amines) is 1. The van der Waals surface area contributed by atoms with E-state index in [9.17, 15) is 5.11 Å². The van der Waals surface area contributed by atoms with Gasteiger partial charge in [-0.2, -0.15) is 0 Å². The van der Waals surface area contributed by atoms with Crippen LogP contribution in [0, 0.1) is 11.8 Å². The third-order valence-electron chi connectivity index (χ3n) is 3.72. The Labute approximate surface area is 100 Å². The number of hydrogen-bond donors (Lipinski definition) is 2. The summed E-state index contributed by atoms with van der Waals surface area (Å²) in [5.41, 5.74) is 0. The Bertz CT molecular complexity index is 196. The van der Waals surface area contributed by atoms with E-state index in [4.69, 9.17) is 0 Å². The minimum Gasteiger partial charge on any atom is -0.393 e. The predicted octanol–water partition coefficient (Wildman–Crippen LogP) is 1.32. The molecule has 0 radical (unpaired) electrons. The van der Waals surface area contributed by atoms with Gasteiger partial charge in [0, 0.05) is 12.6 Å². The Hall–Kier alpha value is -0.120. The average molecular weight is 228 g/mol. The first-order chi connectivity index (χ1) is 7.50. The van der Waals surface area contributed by atoms with Crippen molar-refractivity contribution in [2.45, 2.75) is 45.8 Å². The normalized spacial score (nSPS) is 29.6. The minimum absolute atomic E-state index is 0.158. The second kappa shape index (κ2) is 6.58. The van der Waals surface area contributed by atoms with Crippen LogP contribution in [-0.4, -0.2) is 48.8 Å². The second-order valence-electron chi connectivity index (χ2n) is 5.69. The summed E-state index contributed by atoms with van der Waals surface area (Å²) in [4.78, 5) is 2.39. The SMILES string of the molecule is CC(C)C(O)CCNC1CCN(C)CC1C. The van der Waals surface area contributed by atoms with Gasteiger partial charge < -0.3 is 15.3 Å². The van der Waals surface area contributed by atoms with Crippen LogP contribution < -0.4 is 5.32 Å². The van der Waals surface area contributed by atoms with Crippen molar-refractivity contribution in [1.82, 2.24) is 10.2 Å². The Morgan fingerprint density at radius 3 is 2.69 bits per heavy atom. The Morgan fingerprint density at radius 1 is 1.44 bits per heavy atom. The van der Waals surface area contributed by atoms with Crippen molar-refractivity contribution in [2.75, 3.05) is 26.7 Å². The van der Waals surface area contributed by atoms with Crippen molar-refractivity contribution in [1.29, 1.82) is 0 Å². The quantitative estimate of drug-likeness (QED) is 0.745. The van der Waals surface area contributed by atoms with E-state index in [0.29, 0.717) is 12.0 Å². The lowest BCUT2D eigenvalue weighted by Crippen LogP contribution is -2.47. The maximum absolute atomic E-state index is 9.72. The molecule has 0 aromatic heterocycles. The smallest absolute Gasteiger partial charge is 0.0575 e. The number of nitrogens with one attached hydrogen (secondary N) is 1. The molecule has 1 rings (SSSR count). The lowest BCUT2D eigenvalue weighted by Gasteiger charge is -2.35. The van der Waals surface area contributed by atoms with E-state index in [1.165, 1.54) is 19.5 Å². The topological polar surface area (TPSA) is 35.5 Å². The van der Waals surface area contributed by atoms with Gasteiger partial charge in [0.1, 0.15) is 0 Å². The van der Waals surface area contributed by atoms with Crippen LogP contribution in [-0.2, 0) is 0 Å². The van der Waals surface area contributed by atoms with E-state index in [1.54, 1.807) is 0 Å². The number of nitrogens with zero attached hydrogens (tertiary/aromatic N) is 1. The van der Waals surface area contributed by atoms with Gasteiger partial charge in [-0.05, 0) is 44.8 Å². The molecule has 2 N–H and O–H groups in total. The summed E-state index contributed by atoms with van der Waals surface area (Å²) in [7, 11) is 2.19. The highest BCUT2D eigenvalue weighted by atomic mass is 16.3. The van der Waals surface area contributed by atoms with Crippen molar-refractivity contribution in [3.63, 3.8) is 0 Å². The Kier molecular flexibility index (Phi) is 5.73.